The number of hydrogen-bond acceptors (Lipinski definition) is 5. The van der Waals surface area contributed by atoms with Crippen molar-refractivity contribution in [1.29, 1.82) is 0 Å². The van der Waals surface area contributed by atoms with Crippen LogP contribution in [0.1, 0.15) is 13.3 Å². The molecule has 2 aromatic carbocycles. The smallest absolute Gasteiger partial charge is 0.230 e. The van der Waals surface area contributed by atoms with E-state index < -0.39 is 5.92 Å². The van der Waals surface area contributed by atoms with Gasteiger partial charge in [0.15, 0.2) is 4.34 Å². The fourth-order valence-corrected chi connectivity index (χ4v) is 5.42. The van der Waals surface area contributed by atoms with E-state index >= 15 is 0 Å². The van der Waals surface area contributed by atoms with Gasteiger partial charge in [0.1, 0.15) is 10.7 Å². The van der Waals surface area contributed by atoms with E-state index in [1.807, 2.05) is 30.3 Å². The predicted molar refractivity (Wildman–Crippen MR) is 124 cm³/mol. The van der Waals surface area contributed by atoms with E-state index in [2.05, 4.69) is 12.2 Å². The molecule has 8 heteroatoms. The van der Waals surface area contributed by atoms with Crippen molar-refractivity contribution in [1.82, 2.24) is 4.98 Å². The Bertz CT molecular complexity index is 1050. The van der Waals surface area contributed by atoms with Crippen LogP contribution in [0.3, 0.4) is 0 Å². The first-order chi connectivity index (χ1) is 14.5. The third-order valence-electron chi connectivity index (χ3n) is 4.79. The maximum absolute atomic E-state index is 13.0. The van der Waals surface area contributed by atoms with Crippen LogP contribution in [0.4, 0.5) is 10.7 Å². The van der Waals surface area contributed by atoms with Gasteiger partial charge in [-0.1, -0.05) is 72.0 Å². The Labute approximate surface area is 188 Å². The van der Waals surface area contributed by atoms with Gasteiger partial charge in [0.05, 0.1) is 5.92 Å². The number of halogens is 1. The summed E-state index contributed by atoms with van der Waals surface area (Å²) >= 11 is 9.06. The zero-order valence-electron chi connectivity index (χ0n) is 16.3. The first-order valence-corrected chi connectivity index (χ1v) is 11.8. The molecule has 30 heavy (non-hydrogen) atoms. The van der Waals surface area contributed by atoms with Crippen LogP contribution in [-0.4, -0.2) is 29.1 Å². The van der Waals surface area contributed by atoms with Crippen molar-refractivity contribution >= 4 is 57.2 Å². The Morgan fingerprint density at radius 2 is 1.97 bits per heavy atom. The normalized spacial score (nSPS) is 16.1. The molecule has 0 radical (unpaired) electrons. The van der Waals surface area contributed by atoms with Gasteiger partial charge in [-0.25, -0.2) is 4.98 Å². The maximum atomic E-state index is 13.0. The molecule has 2 amide bonds. The Morgan fingerprint density at radius 3 is 2.67 bits per heavy atom. The van der Waals surface area contributed by atoms with Crippen molar-refractivity contribution in [2.45, 2.75) is 17.7 Å². The monoisotopic (exact) mass is 457 g/mol. The number of carbonyl (C=O) groups is 2. The van der Waals surface area contributed by atoms with Gasteiger partial charge in [0.25, 0.3) is 0 Å². The molecular weight excluding hydrogens is 438 g/mol. The Kier molecular flexibility index (Phi) is 6.41. The molecule has 1 aliphatic rings. The number of amides is 2. The van der Waals surface area contributed by atoms with Gasteiger partial charge in [0, 0.05) is 29.2 Å². The van der Waals surface area contributed by atoms with E-state index in [1.165, 1.54) is 11.3 Å². The topological polar surface area (TPSA) is 62.3 Å². The van der Waals surface area contributed by atoms with E-state index in [4.69, 9.17) is 16.6 Å². The zero-order valence-corrected chi connectivity index (χ0v) is 18.7. The summed E-state index contributed by atoms with van der Waals surface area (Å²) in [6.45, 7) is 2.42. The molecule has 2 heterocycles. The van der Waals surface area contributed by atoms with E-state index in [9.17, 15) is 9.59 Å². The average molecular weight is 458 g/mol. The number of rotatable bonds is 6. The van der Waals surface area contributed by atoms with Crippen molar-refractivity contribution in [3.8, 4) is 11.3 Å². The Balaban J connectivity index is 1.52. The molecule has 0 aliphatic carbocycles. The minimum atomic E-state index is -0.416. The molecule has 3 aromatic rings. The lowest BCUT2D eigenvalue weighted by Crippen LogP contribution is -2.28. The van der Waals surface area contributed by atoms with Crippen LogP contribution in [0.5, 0.6) is 0 Å². The largest absolute Gasteiger partial charge is 0.316 e. The van der Waals surface area contributed by atoms with Gasteiger partial charge in [-0.2, -0.15) is 0 Å². The number of aromatic nitrogens is 1. The van der Waals surface area contributed by atoms with Gasteiger partial charge in [-0.3, -0.25) is 9.59 Å². The second-order valence-corrected chi connectivity index (χ2v) is 9.77. The minimum Gasteiger partial charge on any atom is -0.316 e. The number of carbonyl (C=O) groups excluding carboxylic acids is 2. The number of anilines is 2. The van der Waals surface area contributed by atoms with Crippen molar-refractivity contribution in [3.05, 3.63) is 59.6 Å². The van der Waals surface area contributed by atoms with Gasteiger partial charge >= 0.3 is 0 Å². The van der Waals surface area contributed by atoms with E-state index in [1.54, 1.807) is 40.9 Å². The number of nitrogens with one attached hydrogen (secondary N) is 1. The highest BCUT2D eigenvalue weighted by Gasteiger charge is 2.35. The van der Waals surface area contributed by atoms with Crippen LogP contribution >= 0.6 is 34.7 Å². The van der Waals surface area contributed by atoms with Crippen molar-refractivity contribution in [2.75, 3.05) is 22.5 Å². The maximum Gasteiger partial charge on any atom is 0.230 e. The summed E-state index contributed by atoms with van der Waals surface area (Å²) in [7, 11) is 0. The summed E-state index contributed by atoms with van der Waals surface area (Å²) < 4.78 is 0.914. The SMILES string of the molecule is CCSc1nc(-c2ccccc2)c(NC(=O)C2CC(=O)N(c3ccc(Cl)cc3)C2)s1. The number of nitrogens with zero attached hydrogens (tertiary/aromatic N) is 2. The van der Waals surface area contributed by atoms with Crippen LogP contribution < -0.4 is 10.2 Å². The van der Waals surface area contributed by atoms with Crippen LogP contribution in [0, 0.1) is 5.92 Å². The molecule has 1 atom stereocenters. The average Bonchev–Trinajstić information content (AvgIpc) is 3.33. The first kappa shape index (κ1) is 20.9. The lowest BCUT2D eigenvalue weighted by atomic mass is 10.1. The highest BCUT2D eigenvalue weighted by atomic mass is 35.5. The molecule has 1 fully saturated rings. The molecule has 0 saturated carbocycles. The van der Waals surface area contributed by atoms with Crippen LogP contribution in [-0.2, 0) is 9.59 Å². The van der Waals surface area contributed by atoms with Gasteiger partial charge in [-0.15, -0.1) is 0 Å². The summed E-state index contributed by atoms with van der Waals surface area (Å²) in [6.07, 6.45) is 0.185. The van der Waals surface area contributed by atoms with E-state index in [0.29, 0.717) is 11.6 Å². The number of thiazole rings is 1. The van der Waals surface area contributed by atoms with Gasteiger partial charge in [0.2, 0.25) is 11.8 Å². The summed E-state index contributed by atoms with van der Waals surface area (Å²) in [5.41, 5.74) is 2.48. The minimum absolute atomic E-state index is 0.0627. The Morgan fingerprint density at radius 1 is 1.23 bits per heavy atom. The summed E-state index contributed by atoms with van der Waals surface area (Å²) in [5.74, 6) is 0.268. The first-order valence-electron chi connectivity index (χ1n) is 9.61. The molecule has 1 unspecified atom stereocenters. The zero-order chi connectivity index (χ0) is 21.1. The molecule has 1 saturated heterocycles. The molecule has 1 N–H and O–H groups in total. The molecular formula is C22H20ClN3O2S2. The van der Waals surface area contributed by atoms with Crippen molar-refractivity contribution in [2.24, 2.45) is 5.92 Å². The van der Waals surface area contributed by atoms with Gasteiger partial charge < -0.3 is 10.2 Å². The van der Waals surface area contributed by atoms with Crippen LogP contribution in [0.15, 0.2) is 58.9 Å². The van der Waals surface area contributed by atoms with Crippen LogP contribution in [0.25, 0.3) is 11.3 Å². The fraction of sp³-hybridized carbons (Fsp3) is 0.227. The number of hydrogen-bond donors (Lipinski definition) is 1. The molecule has 4 rings (SSSR count). The second-order valence-electron chi connectivity index (χ2n) is 6.83. The number of benzene rings is 2. The summed E-state index contributed by atoms with van der Waals surface area (Å²) in [6, 6.07) is 16.9. The molecule has 0 bridgehead atoms. The number of thioether (sulfide) groups is 1. The third-order valence-corrected chi connectivity index (χ3v) is 7.04. The molecule has 0 spiro atoms. The van der Waals surface area contributed by atoms with E-state index in [-0.39, 0.29) is 18.2 Å². The standard InChI is InChI=1S/C22H20ClN3O2S2/c1-2-29-22-24-19(14-6-4-3-5-7-14)21(30-22)25-20(28)15-12-18(27)26(13-15)17-10-8-16(23)9-11-17/h3-11,15H,2,12-13H2,1H3,(H,25,28). The lowest BCUT2D eigenvalue weighted by Gasteiger charge is -2.16. The highest BCUT2D eigenvalue weighted by Crippen LogP contribution is 2.38. The molecule has 1 aromatic heterocycles. The fourth-order valence-electron chi connectivity index (χ4n) is 3.33. The molecule has 154 valence electrons. The van der Waals surface area contributed by atoms with Crippen molar-refractivity contribution in [3.63, 3.8) is 0 Å². The van der Waals surface area contributed by atoms with Gasteiger partial charge in [-0.05, 0) is 30.0 Å². The summed E-state index contributed by atoms with van der Waals surface area (Å²) in [5, 5.41) is 4.37. The third kappa shape index (κ3) is 4.53. The second kappa shape index (κ2) is 9.20. The lowest BCUT2D eigenvalue weighted by molar-refractivity contribution is -0.122. The predicted octanol–water partition coefficient (Wildman–Crippen LogP) is 5.57. The summed E-state index contributed by atoms with van der Waals surface area (Å²) in [4.78, 5) is 31.9. The molecule has 1 aliphatic heterocycles. The molecule has 5 nitrogen and oxygen atoms in total. The van der Waals surface area contributed by atoms with Crippen molar-refractivity contribution < 1.29 is 9.59 Å². The highest BCUT2D eigenvalue weighted by molar-refractivity contribution is 8.01. The quantitative estimate of drug-likeness (QED) is 0.491. The van der Waals surface area contributed by atoms with E-state index in [0.717, 1.165) is 32.0 Å². The van der Waals surface area contributed by atoms with Crippen LogP contribution in [0.2, 0.25) is 5.02 Å². The Hall–Kier alpha value is -2.35.